The molecule has 0 aliphatic rings. The van der Waals surface area contributed by atoms with Gasteiger partial charge in [-0.15, -0.1) is 0 Å². The lowest BCUT2D eigenvalue weighted by molar-refractivity contribution is 0.323. The minimum atomic E-state index is -3.94. The van der Waals surface area contributed by atoms with Crippen molar-refractivity contribution in [3.63, 3.8) is 0 Å². The van der Waals surface area contributed by atoms with E-state index in [0.29, 0.717) is 36.8 Å². The first-order valence-corrected chi connectivity index (χ1v) is 17.2. The number of hydrogen-bond acceptors (Lipinski definition) is 9. The summed E-state index contributed by atoms with van der Waals surface area (Å²) in [5.41, 5.74) is 1.67. The molecule has 0 aliphatic carbocycles. The Morgan fingerprint density at radius 3 is 1.50 bits per heavy atom. The molecule has 0 spiro atoms. The third-order valence-corrected chi connectivity index (χ3v) is 10.6. The van der Waals surface area contributed by atoms with Crippen LogP contribution in [0.3, 0.4) is 0 Å². The van der Waals surface area contributed by atoms with E-state index in [2.05, 4.69) is 10.2 Å². The number of phenolic OH excluding ortho intramolecular Hbond substituents is 1. The highest BCUT2D eigenvalue weighted by Crippen LogP contribution is 2.28. The van der Waals surface area contributed by atoms with Crippen molar-refractivity contribution in [1.29, 1.82) is 0 Å². The fourth-order valence-corrected chi connectivity index (χ4v) is 7.03. The normalized spacial score (nSPS) is 11.9. The van der Waals surface area contributed by atoms with E-state index >= 15 is 0 Å². The Labute approximate surface area is 267 Å². The summed E-state index contributed by atoms with van der Waals surface area (Å²) in [6.45, 7) is 3.60. The van der Waals surface area contributed by atoms with Gasteiger partial charge in [0.15, 0.2) is 0 Å². The number of aromatic hydroxyl groups is 1. The Hall–Kier alpha value is -5.07. The van der Waals surface area contributed by atoms with E-state index in [1.165, 1.54) is 84.9 Å². The van der Waals surface area contributed by atoms with E-state index < -0.39 is 25.5 Å². The van der Waals surface area contributed by atoms with E-state index in [9.17, 15) is 26.3 Å². The number of ether oxygens (including phenoxy) is 1. The number of nitrogens with zero attached hydrogens (tertiary/aromatic N) is 3. The molecular weight excluding hydrogens is 630 g/mol. The zero-order valence-electron chi connectivity index (χ0n) is 24.7. The van der Waals surface area contributed by atoms with Crippen LogP contribution in [-0.2, 0) is 19.7 Å². The monoisotopic (exact) mass is 659 g/mol. The highest BCUT2D eigenvalue weighted by molar-refractivity contribution is 7.92. The Morgan fingerprint density at radius 1 is 0.630 bits per heavy atom. The maximum Gasteiger partial charge on any atom is 0.206 e. The second kappa shape index (κ2) is 13.9. The van der Waals surface area contributed by atoms with Crippen LogP contribution in [0.5, 0.6) is 11.5 Å². The van der Waals surface area contributed by atoms with Crippen LogP contribution in [0.1, 0.15) is 6.92 Å². The van der Waals surface area contributed by atoms with Gasteiger partial charge in [0.1, 0.15) is 23.9 Å². The quantitative estimate of drug-likeness (QED) is 0.137. The average Bonchev–Trinajstić information content (AvgIpc) is 3.07. The molecule has 5 aromatic carbocycles. The topological polar surface area (TPSA) is 126 Å². The highest BCUT2D eigenvalue weighted by Gasteiger charge is 2.22. The number of hydrogen-bond donors (Lipinski definition) is 1. The molecule has 0 amide bonds. The van der Waals surface area contributed by atoms with Crippen LogP contribution in [-0.4, -0.2) is 41.6 Å². The lowest BCUT2D eigenvalue weighted by atomic mass is 10.3. The number of rotatable bonds is 12. The molecule has 1 N–H and O–H groups in total. The van der Waals surface area contributed by atoms with E-state index in [1.807, 2.05) is 11.8 Å². The molecule has 5 aromatic rings. The Morgan fingerprint density at radius 2 is 1.04 bits per heavy atom. The van der Waals surface area contributed by atoms with Gasteiger partial charge < -0.3 is 14.7 Å². The fraction of sp³-hybridized carbons (Fsp3) is 0.118. The molecule has 0 atom stereocenters. The van der Waals surface area contributed by atoms with Gasteiger partial charge in [-0.1, -0.05) is 0 Å². The van der Waals surface area contributed by atoms with Crippen LogP contribution in [0.25, 0.3) is 0 Å². The summed E-state index contributed by atoms with van der Waals surface area (Å²) >= 11 is 0. The van der Waals surface area contributed by atoms with Gasteiger partial charge in [0.2, 0.25) is 19.7 Å². The summed E-state index contributed by atoms with van der Waals surface area (Å²) in [5.74, 6) is 0.402. The number of anilines is 1. The largest absolute Gasteiger partial charge is 0.508 e. The SMILES string of the molecule is CCN(CCOc1ccc(O)cc1)c1ccc(S(=O)(=O)c2ccc(S(=O)(=O)c3ccc(N=Nc4ccc(F)cc4)cc3)cc2)cc1. The fourth-order valence-electron chi connectivity index (χ4n) is 4.51. The number of halogens is 1. The van der Waals surface area contributed by atoms with E-state index in [4.69, 9.17) is 4.74 Å². The maximum atomic E-state index is 13.3. The first-order valence-electron chi connectivity index (χ1n) is 14.2. The molecule has 0 fully saturated rings. The molecule has 0 bridgehead atoms. The van der Waals surface area contributed by atoms with Crippen LogP contribution >= 0.6 is 0 Å². The molecule has 0 saturated carbocycles. The Balaban J connectivity index is 1.24. The Bertz CT molecular complexity index is 2020. The molecule has 0 radical (unpaired) electrons. The zero-order chi connectivity index (χ0) is 32.7. The molecule has 46 heavy (non-hydrogen) atoms. The Kier molecular flexibility index (Phi) is 9.78. The predicted molar refractivity (Wildman–Crippen MR) is 172 cm³/mol. The molecule has 12 heteroatoms. The number of azo groups is 1. The van der Waals surface area contributed by atoms with Gasteiger partial charge in [-0.2, -0.15) is 10.2 Å². The van der Waals surface area contributed by atoms with Crippen molar-refractivity contribution in [1.82, 2.24) is 0 Å². The van der Waals surface area contributed by atoms with Crippen LogP contribution in [0.4, 0.5) is 21.5 Å². The minimum Gasteiger partial charge on any atom is -0.508 e. The van der Waals surface area contributed by atoms with Gasteiger partial charge in [0.25, 0.3) is 0 Å². The van der Waals surface area contributed by atoms with Gasteiger partial charge in [-0.05, 0) is 128 Å². The van der Waals surface area contributed by atoms with Crippen LogP contribution < -0.4 is 9.64 Å². The number of benzene rings is 5. The van der Waals surface area contributed by atoms with Gasteiger partial charge in [-0.25, -0.2) is 21.2 Å². The lowest BCUT2D eigenvalue weighted by Crippen LogP contribution is -2.28. The molecule has 0 aliphatic heterocycles. The number of likely N-dealkylation sites (N-methyl/N-ethyl adjacent to an activating group) is 1. The summed E-state index contributed by atoms with van der Waals surface area (Å²) in [4.78, 5) is 2.03. The number of phenols is 1. The molecule has 0 unspecified atom stereocenters. The van der Waals surface area contributed by atoms with Crippen LogP contribution in [0.2, 0.25) is 0 Å². The van der Waals surface area contributed by atoms with E-state index in [1.54, 1.807) is 36.4 Å². The summed E-state index contributed by atoms with van der Waals surface area (Å²) in [6.07, 6.45) is 0. The number of sulfone groups is 2. The molecule has 0 heterocycles. The smallest absolute Gasteiger partial charge is 0.206 e. The van der Waals surface area contributed by atoms with Crippen molar-refractivity contribution in [2.75, 3.05) is 24.6 Å². The molecular formula is C34H30FN3O6S2. The molecule has 0 saturated heterocycles. The highest BCUT2D eigenvalue weighted by atomic mass is 32.2. The third kappa shape index (κ3) is 7.59. The van der Waals surface area contributed by atoms with Gasteiger partial charge in [-0.3, -0.25) is 0 Å². The first-order chi connectivity index (χ1) is 22.1. The van der Waals surface area contributed by atoms with Gasteiger partial charge in [0, 0.05) is 12.2 Å². The summed E-state index contributed by atoms with van der Waals surface area (Å²) < 4.78 is 71.9. The molecule has 9 nitrogen and oxygen atoms in total. The molecule has 236 valence electrons. The van der Waals surface area contributed by atoms with Crippen molar-refractivity contribution in [3.05, 3.63) is 127 Å². The summed E-state index contributed by atoms with van der Waals surface area (Å²) in [7, 11) is -7.85. The standard InChI is InChI=1S/C34H30FN3O6S2/c1-2-38(23-24-44-30-13-11-29(39)12-14-30)28-9-17-32(18-10-28)46(42,43)34-21-19-33(20-22-34)45(40,41)31-15-7-27(8-16-31)37-36-26-5-3-25(35)4-6-26/h3-22,39H,2,23-24H2,1H3. The first kappa shape index (κ1) is 32.3. The van der Waals surface area contributed by atoms with Crippen molar-refractivity contribution >= 4 is 36.7 Å². The second-order valence-corrected chi connectivity index (χ2v) is 14.0. The van der Waals surface area contributed by atoms with Gasteiger partial charge in [0.05, 0.1) is 37.5 Å². The van der Waals surface area contributed by atoms with Crippen molar-refractivity contribution in [2.45, 2.75) is 26.5 Å². The lowest BCUT2D eigenvalue weighted by Gasteiger charge is -2.23. The van der Waals surface area contributed by atoms with E-state index in [0.717, 1.165) is 5.69 Å². The molecule has 5 rings (SSSR count). The maximum absolute atomic E-state index is 13.3. The van der Waals surface area contributed by atoms with Crippen LogP contribution in [0.15, 0.2) is 151 Å². The minimum absolute atomic E-state index is 0.00775. The summed E-state index contributed by atoms with van der Waals surface area (Å²) in [6, 6.07) is 29.3. The predicted octanol–water partition coefficient (Wildman–Crippen LogP) is 7.52. The van der Waals surface area contributed by atoms with Crippen LogP contribution in [0, 0.1) is 5.82 Å². The van der Waals surface area contributed by atoms with E-state index in [-0.39, 0.29) is 25.3 Å². The zero-order valence-corrected chi connectivity index (χ0v) is 26.3. The molecule has 0 aromatic heterocycles. The van der Waals surface area contributed by atoms with Crippen molar-refractivity contribution in [3.8, 4) is 11.5 Å². The third-order valence-electron chi connectivity index (χ3n) is 7.06. The van der Waals surface area contributed by atoms with Crippen molar-refractivity contribution < 1.29 is 31.1 Å². The van der Waals surface area contributed by atoms with Crippen molar-refractivity contribution in [2.24, 2.45) is 10.2 Å². The second-order valence-electron chi connectivity index (χ2n) is 10.1. The average molecular weight is 660 g/mol. The summed E-state index contributed by atoms with van der Waals surface area (Å²) in [5, 5.41) is 17.5. The van der Waals surface area contributed by atoms with Gasteiger partial charge >= 0.3 is 0 Å².